The van der Waals surface area contributed by atoms with Crippen LogP contribution in [0.3, 0.4) is 0 Å². The Kier molecular flexibility index (Phi) is 13.6. The largest absolute Gasteiger partial charge is 0.502 e. The molecule has 0 aromatic heterocycles. The second kappa shape index (κ2) is 15.9. The van der Waals surface area contributed by atoms with Crippen LogP contribution in [0.15, 0.2) is 51.1 Å². The van der Waals surface area contributed by atoms with Gasteiger partial charge in [-0.25, -0.2) is 13.6 Å². The van der Waals surface area contributed by atoms with E-state index in [9.17, 15) is 31.5 Å². The number of benzene rings is 2. The summed E-state index contributed by atoms with van der Waals surface area (Å²) in [6.45, 7) is 8.30. The number of carbonyl (C=O) groups excluding carboxylic acids is 1. The van der Waals surface area contributed by atoms with E-state index in [-0.39, 0.29) is 39.5 Å². The number of hydrazone groups is 1. The van der Waals surface area contributed by atoms with Crippen LogP contribution in [0.25, 0.3) is 0 Å². The lowest BCUT2D eigenvalue weighted by molar-refractivity contribution is -0.138. The molecule has 0 aliphatic rings. The minimum atomic E-state index is -5.35. The highest BCUT2D eigenvalue weighted by Crippen LogP contribution is 2.34. The number of anilines is 1. The van der Waals surface area contributed by atoms with Gasteiger partial charge in [-0.1, -0.05) is 23.2 Å². The molecule has 0 aliphatic carbocycles. The van der Waals surface area contributed by atoms with Crippen LogP contribution in [-0.2, 0) is 9.59 Å². The fourth-order valence-corrected chi connectivity index (χ4v) is 2.91. The van der Waals surface area contributed by atoms with E-state index in [1.165, 1.54) is 13.0 Å². The van der Waals surface area contributed by atoms with E-state index in [4.69, 9.17) is 42.9 Å². The van der Waals surface area contributed by atoms with Crippen molar-refractivity contribution >= 4 is 52.5 Å². The topological polar surface area (TPSA) is 142 Å². The van der Waals surface area contributed by atoms with Crippen molar-refractivity contribution in [2.45, 2.75) is 53.0 Å². The SMILES string of the molecule is CC(=O)/C=N/Nc1cc(OC(C)C)c(Cl)cc1F.CC(C)Oc1cc(N=NC(C(=O)O)=C(O)C(F)(F)F)c(F)cc1Cl. The predicted octanol–water partition coefficient (Wildman–Crippen LogP) is 8.02. The van der Waals surface area contributed by atoms with E-state index in [1.54, 1.807) is 13.8 Å². The lowest BCUT2D eigenvalue weighted by atomic mass is 10.3. The molecule has 2 aromatic carbocycles. The summed E-state index contributed by atoms with van der Waals surface area (Å²) in [7, 11) is 0. The normalized spacial score (nSPS) is 12.3. The van der Waals surface area contributed by atoms with Crippen LogP contribution in [-0.4, -0.2) is 46.6 Å². The molecule has 0 fully saturated rings. The Labute approximate surface area is 246 Å². The van der Waals surface area contributed by atoms with Crippen LogP contribution < -0.4 is 14.9 Å². The molecule has 0 aliphatic heterocycles. The van der Waals surface area contributed by atoms with Crippen LogP contribution in [0.5, 0.6) is 11.5 Å². The molecule has 0 heterocycles. The molecule has 17 heteroatoms. The van der Waals surface area contributed by atoms with E-state index < -0.39 is 40.9 Å². The maximum Gasteiger partial charge on any atom is 0.451 e. The Morgan fingerprint density at radius 3 is 1.88 bits per heavy atom. The van der Waals surface area contributed by atoms with Gasteiger partial charge in [0.1, 0.15) is 23.0 Å². The first-order valence-electron chi connectivity index (χ1n) is 11.6. The molecule has 42 heavy (non-hydrogen) atoms. The van der Waals surface area contributed by atoms with Crippen molar-refractivity contribution in [2.75, 3.05) is 5.43 Å². The minimum absolute atomic E-state index is 0.0251. The first kappa shape index (κ1) is 36.0. The first-order valence-corrected chi connectivity index (χ1v) is 12.4. The Balaban J connectivity index is 0.000000437. The number of azo groups is 1. The van der Waals surface area contributed by atoms with Crippen LogP contribution in [0.2, 0.25) is 10.0 Å². The summed E-state index contributed by atoms with van der Waals surface area (Å²) in [6, 6.07) is 4.24. The van der Waals surface area contributed by atoms with Crippen molar-refractivity contribution in [3.05, 3.63) is 57.4 Å². The van der Waals surface area contributed by atoms with Crippen LogP contribution in [0.1, 0.15) is 34.6 Å². The molecule has 0 atom stereocenters. The van der Waals surface area contributed by atoms with Crippen molar-refractivity contribution in [3.63, 3.8) is 0 Å². The van der Waals surface area contributed by atoms with Gasteiger partial charge >= 0.3 is 12.1 Å². The number of aliphatic hydroxyl groups is 1. The molecule has 0 amide bonds. The molecule has 10 nitrogen and oxygen atoms in total. The van der Waals surface area contributed by atoms with Gasteiger partial charge in [0, 0.05) is 19.1 Å². The highest BCUT2D eigenvalue weighted by atomic mass is 35.5. The van der Waals surface area contributed by atoms with Crippen molar-refractivity contribution in [2.24, 2.45) is 15.3 Å². The Bertz CT molecular complexity index is 1380. The zero-order chi connectivity index (χ0) is 32.4. The fraction of sp³-hybridized carbons (Fsp3) is 0.320. The number of carboxylic acid groups (broad SMARTS) is 1. The lowest BCUT2D eigenvalue weighted by Gasteiger charge is -2.13. The van der Waals surface area contributed by atoms with Crippen molar-refractivity contribution in [1.82, 2.24) is 0 Å². The number of rotatable bonds is 10. The van der Waals surface area contributed by atoms with Crippen LogP contribution in [0.4, 0.5) is 33.3 Å². The standard InChI is InChI=1S/C13H11ClF4N2O4.C12H14ClFN2O2/c1-5(2)24-9-4-8(7(15)3-6(9)14)19-20-10(12(22)23)11(21)13(16,17)18;1-7(2)18-12-5-11(10(14)4-9(12)13)16-15-6-8(3)17/h3-5,21H,1-2H3,(H,22,23);4-7,16H,1-3H3/b;15-6+. The quantitative estimate of drug-likeness (QED) is 0.0594. The summed E-state index contributed by atoms with van der Waals surface area (Å²) in [4.78, 5) is 21.4. The number of nitrogens with zero attached hydrogens (tertiary/aromatic N) is 3. The summed E-state index contributed by atoms with van der Waals surface area (Å²) in [5, 5.41) is 27.0. The Hall–Kier alpha value is -3.98. The number of aliphatic hydroxyl groups excluding tert-OH is 1. The highest BCUT2D eigenvalue weighted by molar-refractivity contribution is 6.32. The van der Waals surface area contributed by atoms with Gasteiger partial charge in [0.15, 0.2) is 11.6 Å². The zero-order valence-corrected chi connectivity index (χ0v) is 24.1. The molecule has 0 saturated carbocycles. The molecule has 2 aromatic rings. The fourth-order valence-electron chi connectivity index (χ4n) is 2.52. The summed E-state index contributed by atoms with van der Waals surface area (Å²) >= 11 is 11.6. The molecular weight excluding hydrogens is 618 g/mol. The van der Waals surface area contributed by atoms with E-state index >= 15 is 0 Å². The van der Waals surface area contributed by atoms with E-state index in [2.05, 4.69) is 20.8 Å². The summed E-state index contributed by atoms with van der Waals surface area (Å²) in [5.74, 6) is -6.21. The van der Waals surface area contributed by atoms with Gasteiger partial charge in [0.05, 0.1) is 34.2 Å². The summed E-state index contributed by atoms with van der Waals surface area (Å²) in [5.41, 5.74) is 0.100. The summed E-state index contributed by atoms with van der Waals surface area (Å²) in [6.07, 6.45) is -4.73. The number of carbonyl (C=O) groups is 2. The molecular formula is C25H25Cl2F5N4O6. The van der Waals surface area contributed by atoms with Crippen molar-refractivity contribution in [1.29, 1.82) is 0 Å². The predicted molar refractivity (Wildman–Crippen MR) is 145 cm³/mol. The average molecular weight is 643 g/mol. The number of halogens is 7. The second-order valence-corrected chi connectivity index (χ2v) is 9.32. The van der Waals surface area contributed by atoms with Gasteiger partial charge in [-0.15, -0.1) is 10.2 Å². The number of ketones is 1. The molecule has 2 rings (SSSR count). The third-order valence-electron chi connectivity index (χ3n) is 4.13. The molecule has 0 bridgehead atoms. The van der Waals surface area contributed by atoms with Crippen LogP contribution in [0, 0.1) is 11.6 Å². The zero-order valence-electron chi connectivity index (χ0n) is 22.6. The van der Waals surface area contributed by atoms with Crippen molar-refractivity contribution < 1.29 is 51.2 Å². The Morgan fingerprint density at radius 2 is 1.43 bits per heavy atom. The number of aliphatic carboxylic acids is 1. The average Bonchev–Trinajstić information content (AvgIpc) is 2.83. The molecule has 0 spiro atoms. The van der Waals surface area contributed by atoms with Gasteiger partial charge in [0.2, 0.25) is 11.5 Å². The number of carboxylic acids is 1. The van der Waals surface area contributed by atoms with Crippen molar-refractivity contribution in [3.8, 4) is 11.5 Å². The Morgan fingerprint density at radius 1 is 0.929 bits per heavy atom. The van der Waals surface area contributed by atoms with Gasteiger partial charge in [-0.3, -0.25) is 10.2 Å². The van der Waals surface area contributed by atoms with Gasteiger partial charge in [-0.05, 0) is 39.8 Å². The molecule has 0 radical (unpaired) electrons. The smallest absolute Gasteiger partial charge is 0.451 e. The lowest BCUT2D eigenvalue weighted by Crippen LogP contribution is -2.16. The highest BCUT2D eigenvalue weighted by Gasteiger charge is 2.39. The van der Waals surface area contributed by atoms with Gasteiger partial charge < -0.3 is 19.7 Å². The van der Waals surface area contributed by atoms with E-state index in [0.717, 1.165) is 24.4 Å². The third-order valence-corrected chi connectivity index (χ3v) is 4.72. The number of alkyl halides is 3. The molecule has 3 N–H and O–H groups in total. The van der Waals surface area contributed by atoms with Gasteiger partial charge in [-0.2, -0.15) is 18.3 Å². The maximum absolute atomic E-state index is 13.7. The second-order valence-electron chi connectivity index (χ2n) is 8.51. The number of Topliss-reactive ketones (excluding diaryl/α,β-unsaturated/α-hetero) is 1. The van der Waals surface area contributed by atoms with Crippen LogP contribution >= 0.6 is 23.2 Å². The third kappa shape index (κ3) is 11.9. The number of nitrogens with one attached hydrogen (secondary N) is 1. The maximum atomic E-state index is 13.7. The van der Waals surface area contributed by atoms with E-state index in [1.807, 2.05) is 13.8 Å². The number of hydrogen-bond acceptors (Lipinski definition) is 9. The van der Waals surface area contributed by atoms with Gasteiger partial charge in [0.25, 0.3) is 0 Å². The summed E-state index contributed by atoms with van der Waals surface area (Å²) < 4.78 is 74.9. The minimum Gasteiger partial charge on any atom is -0.502 e. The number of ether oxygens (including phenoxy) is 2. The number of hydrogen-bond donors (Lipinski definition) is 3. The number of allylic oxidation sites excluding steroid dienone is 1. The van der Waals surface area contributed by atoms with E-state index in [0.29, 0.717) is 5.75 Å². The molecule has 0 saturated heterocycles. The first-order chi connectivity index (χ1) is 19.3. The molecule has 0 unspecified atom stereocenters. The molecule has 230 valence electrons. The monoisotopic (exact) mass is 642 g/mol.